The fourth-order valence-electron chi connectivity index (χ4n) is 3.12. The molecule has 4 rings (SSSR count). The summed E-state index contributed by atoms with van der Waals surface area (Å²) < 4.78 is 7.16. The smallest absolute Gasteiger partial charge is 0.291 e. The van der Waals surface area contributed by atoms with E-state index in [0.717, 1.165) is 24.0 Å². The zero-order valence-electron chi connectivity index (χ0n) is 15.7. The largest absolute Gasteiger partial charge is 0.459 e. The molecule has 7 nitrogen and oxygen atoms in total. The number of nitrogens with zero attached hydrogens (tertiary/aromatic N) is 2. The molecular weight excluding hydrogens is 368 g/mol. The van der Waals surface area contributed by atoms with Crippen LogP contribution in [0.2, 0.25) is 0 Å². The van der Waals surface area contributed by atoms with E-state index in [1.807, 2.05) is 30.6 Å². The Kier molecular flexibility index (Phi) is 5.38. The molecule has 0 saturated heterocycles. The van der Waals surface area contributed by atoms with E-state index in [9.17, 15) is 9.59 Å². The van der Waals surface area contributed by atoms with Gasteiger partial charge in [-0.2, -0.15) is 0 Å². The Labute approximate surface area is 167 Å². The maximum Gasteiger partial charge on any atom is 0.291 e. The van der Waals surface area contributed by atoms with E-state index in [1.165, 1.54) is 6.26 Å². The zero-order valence-corrected chi connectivity index (χ0v) is 15.7. The van der Waals surface area contributed by atoms with E-state index in [4.69, 9.17) is 4.42 Å². The summed E-state index contributed by atoms with van der Waals surface area (Å²) in [6, 6.07) is 18.0. The first kappa shape index (κ1) is 18.5. The van der Waals surface area contributed by atoms with Crippen LogP contribution in [0.3, 0.4) is 0 Å². The molecule has 0 spiro atoms. The molecule has 0 fully saturated rings. The van der Waals surface area contributed by atoms with E-state index in [0.29, 0.717) is 17.8 Å². The molecule has 0 aliphatic carbocycles. The van der Waals surface area contributed by atoms with Crippen molar-refractivity contribution in [3.05, 3.63) is 84.6 Å². The molecule has 4 aromatic rings. The monoisotopic (exact) mass is 388 g/mol. The number of carbonyl (C=O) groups excluding carboxylic acids is 2. The van der Waals surface area contributed by atoms with Crippen molar-refractivity contribution >= 4 is 28.5 Å². The van der Waals surface area contributed by atoms with Crippen molar-refractivity contribution in [2.24, 2.45) is 0 Å². The fraction of sp³-hybridized carbons (Fsp3) is 0.136. The molecule has 0 unspecified atom stereocenters. The number of furan rings is 1. The molecule has 2 aromatic carbocycles. The van der Waals surface area contributed by atoms with E-state index in [2.05, 4.69) is 20.2 Å². The van der Waals surface area contributed by atoms with Crippen LogP contribution in [-0.2, 0) is 6.54 Å². The van der Waals surface area contributed by atoms with Gasteiger partial charge in [0.1, 0.15) is 0 Å². The highest BCUT2D eigenvalue weighted by Crippen LogP contribution is 2.17. The lowest BCUT2D eigenvalue weighted by atomic mass is 10.1. The van der Waals surface area contributed by atoms with Gasteiger partial charge in [-0.3, -0.25) is 9.59 Å². The van der Waals surface area contributed by atoms with Crippen LogP contribution >= 0.6 is 0 Å². The minimum atomic E-state index is -0.401. The standard InChI is InChI=1S/C22H20N4O3/c27-21(23-12-6-13-26-15-24-18-9-3-4-10-19(18)26)16-7-1-2-8-17(16)25-22(28)20-11-5-14-29-20/h1-5,7-11,14-15H,6,12-13H2,(H,23,27)(H,25,28). The van der Waals surface area contributed by atoms with Crippen molar-refractivity contribution in [2.45, 2.75) is 13.0 Å². The van der Waals surface area contributed by atoms with Crippen LogP contribution in [-0.4, -0.2) is 27.9 Å². The van der Waals surface area contributed by atoms with Crippen molar-refractivity contribution in [1.82, 2.24) is 14.9 Å². The first-order valence-corrected chi connectivity index (χ1v) is 9.34. The first-order chi connectivity index (χ1) is 14.2. The van der Waals surface area contributed by atoms with Crippen molar-refractivity contribution in [2.75, 3.05) is 11.9 Å². The Hall–Kier alpha value is -3.87. The molecular formula is C22H20N4O3. The Morgan fingerprint density at radius 3 is 2.66 bits per heavy atom. The van der Waals surface area contributed by atoms with Gasteiger partial charge in [0.2, 0.25) is 0 Å². The summed E-state index contributed by atoms with van der Waals surface area (Å²) in [5.41, 5.74) is 2.87. The van der Waals surface area contributed by atoms with E-state index < -0.39 is 5.91 Å². The molecule has 0 bridgehead atoms. The van der Waals surface area contributed by atoms with Gasteiger partial charge in [-0.15, -0.1) is 0 Å². The van der Waals surface area contributed by atoms with Crippen molar-refractivity contribution in [3.63, 3.8) is 0 Å². The summed E-state index contributed by atoms with van der Waals surface area (Å²) in [7, 11) is 0. The Morgan fingerprint density at radius 1 is 0.966 bits per heavy atom. The van der Waals surface area contributed by atoms with E-state index in [-0.39, 0.29) is 11.7 Å². The second kappa shape index (κ2) is 8.43. The third-order valence-electron chi connectivity index (χ3n) is 4.55. The number of fused-ring (bicyclic) bond motifs is 1. The summed E-state index contributed by atoms with van der Waals surface area (Å²) in [6.07, 6.45) is 4.00. The minimum absolute atomic E-state index is 0.188. The molecule has 0 saturated carbocycles. The number of aryl methyl sites for hydroxylation is 1. The summed E-state index contributed by atoms with van der Waals surface area (Å²) in [4.78, 5) is 29.2. The van der Waals surface area contributed by atoms with Gasteiger partial charge in [-0.05, 0) is 42.8 Å². The Morgan fingerprint density at radius 2 is 1.79 bits per heavy atom. The van der Waals surface area contributed by atoms with Crippen LogP contribution in [0.15, 0.2) is 77.7 Å². The van der Waals surface area contributed by atoms with E-state index in [1.54, 1.807) is 36.4 Å². The molecule has 146 valence electrons. The van der Waals surface area contributed by atoms with Gasteiger partial charge in [0.15, 0.2) is 5.76 Å². The highest BCUT2D eigenvalue weighted by molar-refractivity contribution is 6.07. The maximum absolute atomic E-state index is 12.6. The van der Waals surface area contributed by atoms with Gasteiger partial charge in [0.25, 0.3) is 11.8 Å². The molecule has 0 aliphatic heterocycles. The Bertz CT molecular complexity index is 1130. The zero-order chi connectivity index (χ0) is 20.1. The topological polar surface area (TPSA) is 89.2 Å². The number of imidazole rings is 1. The average molecular weight is 388 g/mol. The fourth-order valence-corrected chi connectivity index (χ4v) is 3.12. The average Bonchev–Trinajstić information content (AvgIpc) is 3.42. The number of aromatic nitrogens is 2. The third kappa shape index (κ3) is 4.19. The number of hydrogen-bond acceptors (Lipinski definition) is 4. The van der Waals surface area contributed by atoms with Crippen LogP contribution in [0.5, 0.6) is 0 Å². The minimum Gasteiger partial charge on any atom is -0.459 e. The summed E-state index contributed by atoms with van der Waals surface area (Å²) in [6.45, 7) is 1.25. The molecule has 2 amide bonds. The lowest BCUT2D eigenvalue weighted by Crippen LogP contribution is -2.26. The molecule has 7 heteroatoms. The van der Waals surface area contributed by atoms with Crippen LogP contribution < -0.4 is 10.6 Å². The number of rotatable bonds is 7. The highest BCUT2D eigenvalue weighted by atomic mass is 16.3. The number of anilines is 1. The third-order valence-corrected chi connectivity index (χ3v) is 4.55. The first-order valence-electron chi connectivity index (χ1n) is 9.34. The van der Waals surface area contributed by atoms with Gasteiger partial charge in [0.05, 0.1) is 34.9 Å². The SMILES string of the molecule is O=C(Nc1ccccc1C(=O)NCCCn1cnc2ccccc21)c1ccco1. The lowest BCUT2D eigenvalue weighted by Gasteiger charge is -2.11. The molecule has 2 N–H and O–H groups in total. The van der Waals surface area contributed by atoms with Gasteiger partial charge in [-0.1, -0.05) is 24.3 Å². The van der Waals surface area contributed by atoms with Crippen molar-refractivity contribution in [1.29, 1.82) is 0 Å². The number of para-hydroxylation sites is 3. The van der Waals surface area contributed by atoms with Gasteiger partial charge in [-0.25, -0.2) is 4.98 Å². The molecule has 0 aliphatic rings. The molecule has 2 aromatic heterocycles. The van der Waals surface area contributed by atoms with Crippen molar-refractivity contribution in [3.8, 4) is 0 Å². The maximum atomic E-state index is 12.6. The van der Waals surface area contributed by atoms with Crippen LogP contribution in [0.1, 0.15) is 27.3 Å². The predicted octanol–water partition coefficient (Wildman–Crippen LogP) is 3.70. The molecule has 0 radical (unpaired) electrons. The predicted molar refractivity (Wildman–Crippen MR) is 110 cm³/mol. The Balaban J connectivity index is 1.34. The lowest BCUT2D eigenvalue weighted by molar-refractivity contribution is 0.0953. The normalized spacial score (nSPS) is 10.8. The number of benzene rings is 2. The highest BCUT2D eigenvalue weighted by Gasteiger charge is 2.15. The quantitative estimate of drug-likeness (QED) is 0.473. The number of carbonyl (C=O) groups is 2. The summed E-state index contributed by atoms with van der Waals surface area (Å²) in [5, 5.41) is 5.63. The molecule has 0 atom stereocenters. The van der Waals surface area contributed by atoms with Crippen LogP contribution in [0.4, 0.5) is 5.69 Å². The van der Waals surface area contributed by atoms with Crippen molar-refractivity contribution < 1.29 is 14.0 Å². The van der Waals surface area contributed by atoms with Gasteiger partial charge in [0, 0.05) is 13.1 Å². The summed E-state index contributed by atoms with van der Waals surface area (Å²) >= 11 is 0. The number of hydrogen-bond donors (Lipinski definition) is 2. The summed E-state index contributed by atoms with van der Waals surface area (Å²) in [5.74, 6) is -0.453. The van der Waals surface area contributed by atoms with E-state index >= 15 is 0 Å². The number of amides is 2. The van der Waals surface area contributed by atoms with Gasteiger partial charge < -0.3 is 19.6 Å². The second-order valence-corrected chi connectivity index (χ2v) is 6.51. The molecule has 2 heterocycles. The van der Waals surface area contributed by atoms with Crippen LogP contribution in [0, 0.1) is 0 Å². The number of nitrogens with one attached hydrogen (secondary N) is 2. The second-order valence-electron chi connectivity index (χ2n) is 6.51. The molecule has 29 heavy (non-hydrogen) atoms. The van der Waals surface area contributed by atoms with Crippen LogP contribution in [0.25, 0.3) is 11.0 Å². The van der Waals surface area contributed by atoms with Gasteiger partial charge >= 0.3 is 0 Å².